The molecule has 4 rings (SSSR count). The van der Waals surface area contributed by atoms with Gasteiger partial charge in [0.15, 0.2) is 5.69 Å². The minimum Gasteiger partial charge on any atom is -0.348 e. The maximum Gasteiger partial charge on any atom is 0.272 e. The Hall–Kier alpha value is -2.19. The molecule has 1 fully saturated rings. The minimum absolute atomic E-state index is 0.102. The fourth-order valence-corrected chi connectivity index (χ4v) is 4.38. The number of fused-ring (bicyclic) bond motifs is 3. The van der Waals surface area contributed by atoms with Crippen molar-refractivity contribution < 1.29 is 13.2 Å². The number of benzene rings is 1. The van der Waals surface area contributed by atoms with Crippen LogP contribution in [0.5, 0.6) is 0 Å². The van der Waals surface area contributed by atoms with Gasteiger partial charge in [0.1, 0.15) is 11.2 Å². The molecule has 7 nitrogen and oxygen atoms in total. The van der Waals surface area contributed by atoms with Crippen LogP contribution in [0.25, 0.3) is 5.69 Å². The quantitative estimate of drug-likeness (QED) is 0.888. The lowest BCUT2D eigenvalue weighted by Crippen LogP contribution is -2.40. The number of carbonyl (C=O) groups excluding carboxylic acids is 1. The van der Waals surface area contributed by atoms with Crippen molar-refractivity contribution in [1.82, 2.24) is 19.2 Å². The number of nitrogens with one attached hydrogen (secondary N) is 1. The highest BCUT2D eigenvalue weighted by Gasteiger charge is 2.33. The molecule has 0 spiro atoms. The summed E-state index contributed by atoms with van der Waals surface area (Å²) in [5.41, 5.74) is 1.40. The average molecular weight is 346 g/mol. The van der Waals surface area contributed by atoms with Crippen molar-refractivity contribution in [1.29, 1.82) is 0 Å². The molecule has 24 heavy (non-hydrogen) atoms. The lowest BCUT2D eigenvalue weighted by atomic mass is 9.93. The molecule has 1 aliphatic carbocycles. The summed E-state index contributed by atoms with van der Waals surface area (Å²) in [5.74, 6) is -0.237. The number of sulfonamides is 1. The zero-order valence-electron chi connectivity index (χ0n) is 13.3. The first kappa shape index (κ1) is 15.3. The molecule has 2 heterocycles. The van der Waals surface area contributed by atoms with Gasteiger partial charge in [-0.15, -0.1) is 0 Å². The lowest BCUT2D eigenvalue weighted by molar-refractivity contribution is 0.0910. The first-order valence-electron chi connectivity index (χ1n) is 7.91. The molecule has 0 saturated heterocycles. The van der Waals surface area contributed by atoms with Gasteiger partial charge < -0.3 is 5.32 Å². The van der Waals surface area contributed by atoms with Gasteiger partial charge in [0.05, 0.1) is 17.9 Å². The van der Waals surface area contributed by atoms with Gasteiger partial charge in [0, 0.05) is 13.1 Å². The second-order valence-electron chi connectivity index (χ2n) is 6.24. The molecule has 1 aromatic carbocycles. The van der Waals surface area contributed by atoms with Crippen LogP contribution in [0.2, 0.25) is 0 Å². The summed E-state index contributed by atoms with van der Waals surface area (Å²) in [6, 6.07) is 6.97. The van der Waals surface area contributed by atoms with Gasteiger partial charge in [-0.3, -0.25) is 9.36 Å². The molecule has 0 unspecified atom stereocenters. The molecule has 0 atom stereocenters. The Morgan fingerprint density at radius 3 is 2.75 bits per heavy atom. The van der Waals surface area contributed by atoms with Gasteiger partial charge in [-0.05, 0) is 31.4 Å². The number of nitrogens with zero attached hydrogens (tertiary/aromatic N) is 3. The number of hydrogen-bond donors (Lipinski definition) is 1. The average Bonchev–Trinajstić information content (AvgIpc) is 2.91. The Bertz CT molecular complexity index is 915. The first-order valence-corrected chi connectivity index (χ1v) is 9.35. The topological polar surface area (TPSA) is 84.3 Å². The van der Waals surface area contributed by atoms with Crippen LogP contribution in [0.15, 0.2) is 35.5 Å². The van der Waals surface area contributed by atoms with Gasteiger partial charge in [-0.25, -0.2) is 13.4 Å². The van der Waals surface area contributed by atoms with Gasteiger partial charge in [-0.2, -0.15) is 4.31 Å². The number of imidazole rings is 1. The molecule has 1 aromatic heterocycles. The van der Waals surface area contributed by atoms with Crippen molar-refractivity contribution in [3.05, 3.63) is 42.0 Å². The second-order valence-corrected chi connectivity index (χ2v) is 8.25. The highest BCUT2D eigenvalue weighted by Crippen LogP contribution is 2.30. The van der Waals surface area contributed by atoms with Crippen LogP contribution >= 0.6 is 0 Å². The monoisotopic (exact) mass is 346 g/mol. The van der Waals surface area contributed by atoms with Crippen LogP contribution in [-0.4, -0.2) is 41.3 Å². The van der Waals surface area contributed by atoms with Crippen molar-refractivity contribution in [2.45, 2.75) is 36.7 Å². The van der Waals surface area contributed by atoms with Crippen LogP contribution in [-0.2, 0) is 16.6 Å². The van der Waals surface area contributed by atoms with E-state index >= 15 is 0 Å². The van der Waals surface area contributed by atoms with E-state index in [0.29, 0.717) is 17.1 Å². The first-order chi connectivity index (χ1) is 11.5. The van der Waals surface area contributed by atoms with Crippen LogP contribution in [0.4, 0.5) is 0 Å². The molecule has 1 N–H and O–H groups in total. The third-order valence-corrected chi connectivity index (χ3v) is 6.56. The molecule has 2 aliphatic rings. The van der Waals surface area contributed by atoms with Gasteiger partial charge in [-0.1, -0.05) is 12.1 Å². The fraction of sp³-hybridized carbons (Fsp3) is 0.375. The zero-order chi connectivity index (χ0) is 16.9. The molecule has 1 saturated carbocycles. The molecule has 8 heteroatoms. The van der Waals surface area contributed by atoms with Crippen molar-refractivity contribution in [3.8, 4) is 5.69 Å². The number of hydrogen-bond acceptors (Lipinski definition) is 4. The Morgan fingerprint density at radius 2 is 2.04 bits per heavy atom. The Kier molecular flexibility index (Phi) is 3.47. The highest BCUT2D eigenvalue weighted by molar-refractivity contribution is 7.89. The zero-order valence-corrected chi connectivity index (χ0v) is 14.1. The largest absolute Gasteiger partial charge is 0.348 e. The Labute approximate surface area is 140 Å². The number of rotatable bonds is 2. The van der Waals surface area contributed by atoms with Gasteiger partial charge >= 0.3 is 0 Å². The van der Waals surface area contributed by atoms with Crippen LogP contribution in [0, 0.1) is 0 Å². The third kappa shape index (κ3) is 2.25. The van der Waals surface area contributed by atoms with Crippen LogP contribution in [0.3, 0.4) is 0 Å². The molecular weight excluding hydrogens is 328 g/mol. The summed E-state index contributed by atoms with van der Waals surface area (Å²) >= 11 is 0. The van der Waals surface area contributed by atoms with E-state index in [1.54, 1.807) is 28.8 Å². The molecule has 0 bridgehead atoms. The van der Waals surface area contributed by atoms with Crippen molar-refractivity contribution in [3.63, 3.8) is 0 Å². The summed E-state index contributed by atoms with van der Waals surface area (Å²) in [6.45, 7) is 0.102. The predicted molar refractivity (Wildman–Crippen MR) is 87.3 cm³/mol. The summed E-state index contributed by atoms with van der Waals surface area (Å²) in [6.07, 6.45) is 4.62. The molecule has 0 radical (unpaired) electrons. The molecule has 1 amide bonds. The van der Waals surface area contributed by atoms with E-state index in [-0.39, 0.29) is 23.4 Å². The number of aromatic nitrogens is 2. The van der Waals surface area contributed by atoms with E-state index in [1.807, 2.05) is 0 Å². The lowest BCUT2D eigenvalue weighted by Gasteiger charge is -2.26. The summed E-state index contributed by atoms with van der Waals surface area (Å²) in [7, 11) is -2.08. The second kappa shape index (κ2) is 5.42. The van der Waals surface area contributed by atoms with E-state index in [0.717, 1.165) is 19.3 Å². The van der Waals surface area contributed by atoms with E-state index in [1.165, 1.54) is 17.7 Å². The van der Waals surface area contributed by atoms with Crippen LogP contribution in [0.1, 0.15) is 35.4 Å². The van der Waals surface area contributed by atoms with Crippen molar-refractivity contribution >= 4 is 15.9 Å². The van der Waals surface area contributed by atoms with Crippen molar-refractivity contribution in [2.75, 3.05) is 7.05 Å². The fourth-order valence-electron chi connectivity index (χ4n) is 3.07. The maximum atomic E-state index is 12.7. The number of carbonyl (C=O) groups is 1. The highest BCUT2D eigenvalue weighted by atomic mass is 32.2. The summed E-state index contributed by atoms with van der Waals surface area (Å²) in [4.78, 5) is 17.0. The summed E-state index contributed by atoms with van der Waals surface area (Å²) < 4.78 is 28.3. The molecular formula is C16H18N4O3S. The standard InChI is InChI=1S/C16H18N4O3S/c1-19-9-13-15(16(21)18-11-5-4-6-11)17-10-20(13)12-7-2-3-8-14(12)24(19,22)23/h2-3,7-8,10-11H,4-6,9H2,1H3,(H,18,21). The van der Waals surface area contributed by atoms with E-state index in [4.69, 9.17) is 0 Å². The van der Waals surface area contributed by atoms with E-state index in [9.17, 15) is 13.2 Å². The SMILES string of the molecule is CN1Cc2c(C(=O)NC3CCC3)ncn2-c2ccccc2S1(=O)=O. The van der Waals surface area contributed by atoms with Gasteiger partial charge in [0.2, 0.25) is 10.0 Å². The van der Waals surface area contributed by atoms with Gasteiger partial charge in [0.25, 0.3) is 5.91 Å². The molecule has 126 valence electrons. The maximum absolute atomic E-state index is 12.7. The minimum atomic E-state index is -3.60. The number of amides is 1. The van der Waals surface area contributed by atoms with Crippen LogP contribution < -0.4 is 5.32 Å². The predicted octanol–water partition coefficient (Wildman–Crippen LogP) is 1.29. The normalized spacial score (nSPS) is 19.7. The molecule has 1 aliphatic heterocycles. The Morgan fingerprint density at radius 1 is 1.29 bits per heavy atom. The Balaban J connectivity index is 1.82. The number of para-hydroxylation sites is 1. The van der Waals surface area contributed by atoms with E-state index in [2.05, 4.69) is 10.3 Å². The smallest absolute Gasteiger partial charge is 0.272 e. The van der Waals surface area contributed by atoms with Crippen molar-refractivity contribution in [2.24, 2.45) is 0 Å². The third-order valence-electron chi connectivity index (χ3n) is 4.71. The molecule has 2 aromatic rings. The van der Waals surface area contributed by atoms with E-state index < -0.39 is 10.0 Å². The summed E-state index contributed by atoms with van der Waals surface area (Å²) in [5, 5.41) is 2.97.